The zero-order valence-electron chi connectivity index (χ0n) is 26.3. The summed E-state index contributed by atoms with van der Waals surface area (Å²) in [5, 5.41) is 6.09. The number of hydrogen-bond donors (Lipinski definition) is 2. The van der Waals surface area contributed by atoms with Gasteiger partial charge in [-0.1, -0.05) is 0 Å². The summed E-state index contributed by atoms with van der Waals surface area (Å²) in [5.74, 6) is -0.108. The van der Waals surface area contributed by atoms with Gasteiger partial charge in [-0.2, -0.15) is 4.98 Å². The second-order valence-corrected chi connectivity index (χ2v) is 11.8. The van der Waals surface area contributed by atoms with Gasteiger partial charge in [-0.25, -0.2) is 4.39 Å². The molecule has 1 saturated heterocycles. The molecule has 0 spiro atoms. The van der Waals surface area contributed by atoms with E-state index >= 15 is 0 Å². The van der Waals surface area contributed by atoms with Crippen LogP contribution in [0.5, 0.6) is 11.6 Å². The first kappa shape index (κ1) is 32.1. The molecule has 2 aromatic heterocycles. The van der Waals surface area contributed by atoms with Crippen molar-refractivity contribution in [1.29, 1.82) is 0 Å². The molecular formula is C33H40FN5O6. The summed E-state index contributed by atoms with van der Waals surface area (Å²) in [5.41, 5.74) is 1.81. The average molecular weight is 622 g/mol. The zero-order chi connectivity index (χ0) is 32.2. The fourth-order valence-electron chi connectivity index (χ4n) is 5.10. The Morgan fingerprint density at radius 1 is 1.07 bits per heavy atom. The van der Waals surface area contributed by atoms with Gasteiger partial charge in [0.15, 0.2) is 0 Å². The molecule has 45 heavy (non-hydrogen) atoms. The quantitative estimate of drug-likeness (QED) is 0.291. The number of nitrogens with one attached hydrogen (secondary N) is 2. The Hall–Kier alpha value is -4.29. The average Bonchev–Trinajstić information content (AvgIpc) is 3.84. The standard InChI is InChI=1S/C33H40FN5O6/c1-19(2)45-30-12-22(26-9-8-25(44-5)13-27(26)32(41)38-17-23(34)18-38)11-29(36-30)37-31(40)28-10-21(15-35-14-20(3)43-4)16-39(33(28)42)24-6-7-24/h8-13,16,19-20,23-24,35H,6-7,14-15,17-18H2,1-5H3,(H,36,37,40)/t20-/m0/s1. The van der Waals surface area contributed by atoms with E-state index in [-0.39, 0.29) is 60.1 Å². The third-order valence-corrected chi connectivity index (χ3v) is 7.74. The third-order valence-electron chi connectivity index (χ3n) is 7.74. The molecule has 0 unspecified atom stereocenters. The lowest BCUT2D eigenvalue weighted by atomic mass is 9.97. The predicted octanol–water partition coefficient (Wildman–Crippen LogP) is 4.21. The van der Waals surface area contributed by atoms with Crippen molar-refractivity contribution < 1.29 is 28.2 Å². The van der Waals surface area contributed by atoms with Crippen LogP contribution in [-0.2, 0) is 11.3 Å². The summed E-state index contributed by atoms with van der Waals surface area (Å²) in [7, 11) is 3.14. The second kappa shape index (κ2) is 13.8. The van der Waals surface area contributed by atoms with Crippen LogP contribution in [0.25, 0.3) is 11.1 Å². The van der Waals surface area contributed by atoms with Gasteiger partial charge in [0, 0.05) is 38.5 Å². The molecule has 1 aliphatic carbocycles. The van der Waals surface area contributed by atoms with Crippen LogP contribution in [0.2, 0.25) is 0 Å². The van der Waals surface area contributed by atoms with Crippen molar-refractivity contribution in [3.05, 3.63) is 69.6 Å². The molecule has 2 aliphatic rings. The van der Waals surface area contributed by atoms with E-state index in [0.29, 0.717) is 35.5 Å². The van der Waals surface area contributed by atoms with E-state index in [1.165, 1.54) is 12.0 Å². The highest BCUT2D eigenvalue weighted by Gasteiger charge is 2.33. The maximum Gasteiger partial charge on any atom is 0.263 e. The number of anilines is 1. The monoisotopic (exact) mass is 621 g/mol. The van der Waals surface area contributed by atoms with E-state index in [1.54, 1.807) is 54.3 Å². The van der Waals surface area contributed by atoms with Crippen LogP contribution in [0.3, 0.4) is 0 Å². The second-order valence-electron chi connectivity index (χ2n) is 11.8. The first-order valence-electron chi connectivity index (χ1n) is 15.2. The van der Waals surface area contributed by atoms with E-state index in [9.17, 15) is 18.8 Å². The first-order valence-corrected chi connectivity index (χ1v) is 15.2. The Balaban J connectivity index is 1.49. The lowest BCUT2D eigenvalue weighted by Crippen LogP contribution is -2.51. The maximum atomic E-state index is 13.7. The number of likely N-dealkylation sites (tertiary alicyclic amines) is 1. The van der Waals surface area contributed by atoms with E-state index in [4.69, 9.17) is 14.2 Å². The minimum absolute atomic E-state index is 0.00149. The molecule has 3 heterocycles. The van der Waals surface area contributed by atoms with E-state index in [2.05, 4.69) is 15.6 Å². The Morgan fingerprint density at radius 2 is 1.82 bits per heavy atom. The number of aromatic nitrogens is 2. The normalized spacial score (nSPS) is 15.5. The summed E-state index contributed by atoms with van der Waals surface area (Å²) in [6.45, 7) is 6.75. The van der Waals surface area contributed by atoms with Crippen LogP contribution in [0.1, 0.15) is 65.9 Å². The number of carbonyl (C=O) groups excluding carboxylic acids is 2. The third kappa shape index (κ3) is 7.69. The number of benzene rings is 1. The molecule has 2 amide bonds. The van der Waals surface area contributed by atoms with Crippen LogP contribution in [-0.4, -0.2) is 78.5 Å². The molecule has 11 nitrogen and oxygen atoms in total. The molecule has 12 heteroatoms. The van der Waals surface area contributed by atoms with E-state index in [0.717, 1.165) is 18.4 Å². The number of nitrogens with zero attached hydrogens (tertiary/aromatic N) is 3. The van der Waals surface area contributed by atoms with Gasteiger partial charge in [0.05, 0.1) is 38.0 Å². The number of methoxy groups -OCH3 is 2. The highest BCUT2D eigenvalue weighted by atomic mass is 19.1. The SMILES string of the molecule is COc1ccc(-c2cc(NC(=O)c3cc(CNC[C@H](C)OC)cn(C4CC4)c3=O)nc(OC(C)C)c2)c(C(=O)N2CC(F)C2)c1. The number of alkyl halides is 1. The van der Waals surface area contributed by atoms with Crippen molar-refractivity contribution in [3.8, 4) is 22.8 Å². The number of rotatable bonds is 13. The van der Waals surface area contributed by atoms with Gasteiger partial charge in [0.2, 0.25) is 5.88 Å². The highest BCUT2D eigenvalue weighted by Crippen LogP contribution is 2.35. The Bertz CT molecular complexity index is 1620. The molecule has 0 bridgehead atoms. The molecule has 5 rings (SSSR count). The molecular weight excluding hydrogens is 581 g/mol. The predicted molar refractivity (Wildman–Crippen MR) is 168 cm³/mol. The van der Waals surface area contributed by atoms with Crippen LogP contribution in [0.15, 0.2) is 47.4 Å². The van der Waals surface area contributed by atoms with Gasteiger partial charge < -0.3 is 34.3 Å². The van der Waals surface area contributed by atoms with Crippen LogP contribution < -0.4 is 25.7 Å². The summed E-state index contributed by atoms with van der Waals surface area (Å²) in [6.07, 6.45) is 2.29. The van der Waals surface area contributed by atoms with Gasteiger partial charge in [-0.05, 0) is 80.6 Å². The lowest BCUT2D eigenvalue weighted by Gasteiger charge is -2.34. The fraction of sp³-hybridized carbons (Fsp3) is 0.455. The van der Waals surface area contributed by atoms with Crippen molar-refractivity contribution >= 4 is 17.6 Å². The lowest BCUT2D eigenvalue weighted by molar-refractivity contribution is 0.0400. The van der Waals surface area contributed by atoms with Gasteiger partial charge in [0.25, 0.3) is 17.4 Å². The minimum Gasteiger partial charge on any atom is -0.497 e. The van der Waals surface area contributed by atoms with Gasteiger partial charge in [-0.3, -0.25) is 14.4 Å². The van der Waals surface area contributed by atoms with Crippen molar-refractivity contribution in [2.45, 2.75) is 64.6 Å². The molecule has 1 aromatic carbocycles. The minimum atomic E-state index is -1.05. The van der Waals surface area contributed by atoms with Crippen molar-refractivity contribution in [2.24, 2.45) is 0 Å². The van der Waals surface area contributed by atoms with Crippen molar-refractivity contribution in [1.82, 2.24) is 19.8 Å². The summed E-state index contributed by atoms with van der Waals surface area (Å²) >= 11 is 0. The number of carbonyl (C=O) groups is 2. The zero-order valence-corrected chi connectivity index (χ0v) is 26.3. The summed E-state index contributed by atoms with van der Waals surface area (Å²) < 4.78 is 31.8. The number of amides is 2. The van der Waals surface area contributed by atoms with E-state index < -0.39 is 12.1 Å². The summed E-state index contributed by atoms with van der Waals surface area (Å²) in [6, 6.07) is 10.0. The fourth-order valence-corrected chi connectivity index (χ4v) is 5.10. The molecule has 0 radical (unpaired) electrons. The molecule has 3 aromatic rings. The van der Waals surface area contributed by atoms with Gasteiger partial charge >= 0.3 is 0 Å². The largest absolute Gasteiger partial charge is 0.497 e. The van der Waals surface area contributed by atoms with Crippen molar-refractivity contribution in [3.63, 3.8) is 0 Å². The Labute approximate surface area is 261 Å². The topological polar surface area (TPSA) is 124 Å². The number of hydrogen-bond acceptors (Lipinski definition) is 8. The van der Waals surface area contributed by atoms with Crippen LogP contribution in [0, 0.1) is 0 Å². The number of ether oxygens (including phenoxy) is 3. The summed E-state index contributed by atoms with van der Waals surface area (Å²) in [4.78, 5) is 46.4. The molecule has 1 aliphatic heterocycles. The Morgan fingerprint density at radius 3 is 2.47 bits per heavy atom. The number of pyridine rings is 2. The van der Waals surface area contributed by atoms with Crippen molar-refractivity contribution in [2.75, 3.05) is 39.2 Å². The van der Waals surface area contributed by atoms with Gasteiger partial charge in [-0.15, -0.1) is 0 Å². The smallest absolute Gasteiger partial charge is 0.263 e. The van der Waals surface area contributed by atoms with Gasteiger partial charge in [0.1, 0.15) is 23.3 Å². The molecule has 240 valence electrons. The molecule has 2 N–H and O–H groups in total. The maximum absolute atomic E-state index is 13.7. The number of halogens is 1. The molecule has 1 saturated carbocycles. The van der Waals surface area contributed by atoms with E-state index in [1.807, 2.05) is 20.8 Å². The highest BCUT2D eigenvalue weighted by molar-refractivity contribution is 6.05. The first-order chi connectivity index (χ1) is 21.6. The van der Waals surface area contributed by atoms with Crippen LogP contribution in [0.4, 0.5) is 10.2 Å². The Kier molecular flexibility index (Phi) is 9.83. The molecule has 1 atom stereocenters. The van der Waals surface area contributed by atoms with Crippen LogP contribution >= 0.6 is 0 Å². The molecule has 2 fully saturated rings.